The minimum absolute atomic E-state index is 0.00430. The lowest BCUT2D eigenvalue weighted by Crippen LogP contribution is -2.50. The summed E-state index contributed by atoms with van der Waals surface area (Å²) in [6.45, 7) is 3.50. The summed E-state index contributed by atoms with van der Waals surface area (Å²) >= 11 is 5.49. The molecule has 13 heavy (non-hydrogen) atoms. The molecular formula is C9H16ClNO2. The highest BCUT2D eigenvalue weighted by atomic mass is 35.5. The number of rotatable bonds is 2. The highest BCUT2D eigenvalue weighted by Gasteiger charge is 2.32. The lowest BCUT2D eigenvalue weighted by Gasteiger charge is -2.39. The van der Waals surface area contributed by atoms with Gasteiger partial charge in [-0.15, -0.1) is 11.6 Å². The number of likely N-dealkylation sites (tertiary alicyclic amines) is 1. The minimum atomic E-state index is -0.181. The van der Waals surface area contributed by atoms with Crippen molar-refractivity contribution in [1.82, 2.24) is 4.90 Å². The zero-order valence-electron chi connectivity index (χ0n) is 8.18. The molecule has 1 amide bonds. The van der Waals surface area contributed by atoms with Gasteiger partial charge in [-0.05, 0) is 19.8 Å². The lowest BCUT2D eigenvalue weighted by molar-refractivity contribution is -0.136. The first-order chi connectivity index (χ1) is 6.11. The van der Waals surface area contributed by atoms with Gasteiger partial charge in [0.05, 0.1) is 5.60 Å². The van der Waals surface area contributed by atoms with E-state index in [1.54, 1.807) is 12.0 Å². The molecule has 0 aromatic heterocycles. The van der Waals surface area contributed by atoms with Gasteiger partial charge in [-0.25, -0.2) is 0 Å². The number of methoxy groups -OCH3 is 1. The molecule has 0 saturated carbocycles. The molecule has 0 aliphatic carbocycles. The summed E-state index contributed by atoms with van der Waals surface area (Å²) in [7, 11) is 1.69. The van der Waals surface area contributed by atoms with Crippen LogP contribution in [0.25, 0.3) is 0 Å². The molecule has 0 bridgehead atoms. The largest absolute Gasteiger partial charge is 0.377 e. The molecule has 1 aliphatic rings. The summed E-state index contributed by atoms with van der Waals surface area (Å²) in [6.07, 6.45) is 2.00. The minimum Gasteiger partial charge on any atom is -0.377 e. The highest BCUT2D eigenvalue weighted by molar-refractivity contribution is 6.27. The van der Waals surface area contributed by atoms with E-state index in [1.807, 2.05) is 6.92 Å². The second-order valence-corrected chi connectivity index (χ2v) is 3.97. The van der Waals surface area contributed by atoms with E-state index in [-0.39, 0.29) is 17.4 Å². The molecular weight excluding hydrogens is 190 g/mol. The number of halogens is 1. The fourth-order valence-electron chi connectivity index (χ4n) is 1.67. The molecule has 3 nitrogen and oxygen atoms in total. The normalized spacial score (nSPS) is 29.0. The molecule has 1 unspecified atom stereocenters. The van der Waals surface area contributed by atoms with Crippen LogP contribution in [0.5, 0.6) is 0 Å². The second-order valence-electron chi connectivity index (χ2n) is 3.71. The molecule has 0 aromatic carbocycles. The van der Waals surface area contributed by atoms with Crippen molar-refractivity contribution in [2.75, 3.05) is 26.1 Å². The predicted molar refractivity (Wildman–Crippen MR) is 51.9 cm³/mol. The maximum atomic E-state index is 11.3. The van der Waals surface area contributed by atoms with Crippen molar-refractivity contribution < 1.29 is 9.53 Å². The SMILES string of the molecule is COC1(C)CCCN(C(=O)CCl)C1. The van der Waals surface area contributed by atoms with Crippen molar-refractivity contribution in [2.45, 2.75) is 25.4 Å². The van der Waals surface area contributed by atoms with E-state index in [1.165, 1.54) is 0 Å². The Morgan fingerprint density at radius 1 is 1.69 bits per heavy atom. The van der Waals surface area contributed by atoms with Crippen molar-refractivity contribution in [3.63, 3.8) is 0 Å². The molecule has 0 aromatic rings. The summed E-state index contributed by atoms with van der Waals surface area (Å²) in [5, 5.41) is 0. The molecule has 76 valence electrons. The third-order valence-corrected chi connectivity index (χ3v) is 2.85. The van der Waals surface area contributed by atoms with Crippen LogP contribution in [0.2, 0.25) is 0 Å². The molecule has 0 spiro atoms. The van der Waals surface area contributed by atoms with Crippen molar-refractivity contribution in [2.24, 2.45) is 0 Å². The van der Waals surface area contributed by atoms with E-state index in [4.69, 9.17) is 16.3 Å². The Hall–Kier alpha value is -0.280. The lowest BCUT2D eigenvalue weighted by atomic mass is 9.95. The summed E-state index contributed by atoms with van der Waals surface area (Å²) in [4.78, 5) is 13.1. The molecule has 0 radical (unpaired) electrons. The van der Waals surface area contributed by atoms with Crippen LogP contribution in [0.1, 0.15) is 19.8 Å². The van der Waals surface area contributed by atoms with Crippen LogP contribution >= 0.6 is 11.6 Å². The fraction of sp³-hybridized carbons (Fsp3) is 0.889. The van der Waals surface area contributed by atoms with Crippen LogP contribution in [-0.4, -0.2) is 42.5 Å². The molecule has 1 heterocycles. The monoisotopic (exact) mass is 205 g/mol. The van der Waals surface area contributed by atoms with Gasteiger partial charge in [-0.3, -0.25) is 4.79 Å². The van der Waals surface area contributed by atoms with Gasteiger partial charge in [0.25, 0.3) is 0 Å². The van der Waals surface area contributed by atoms with Gasteiger partial charge < -0.3 is 9.64 Å². The first-order valence-corrected chi connectivity index (χ1v) is 5.04. The van der Waals surface area contributed by atoms with Gasteiger partial charge in [0, 0.05) is 20.2 Å². The molecule has 1 rings (SSSR count). The van der Waals surface area contributed by atoms with Crippen molar-refractivity contribution in [3.8, 4) is 0 Å². The standard InChI is InChI=1S/C9H16ClNO2/c1-9(13-2)4-3-5-11(7-9)8(12)6-10/h3-7H2,1-2H3. The Labute approximate surface area is 84.0 Å². The second kappa shape index (κ2) is 4.29. The van der Waals surface area contributed by atoms with Crippen LogP contribution in [0.3, 0.4) is 0 Å². The van der Waals surface area contributed by atoms with Crippen LogP contribution in [-0.2, 0) is 9.53 Å². The number of alkyl halides is 1. The predicted octanol–water partition coefficient (Wildman–Crippen LogP) is 1.25. The van der Waals surface area contributed by atoms with Gasteiger partial charge in [0.2, 0.25) is 5.91 Å². The van der Waals surface area contributed by atoms with E-state index in [0.717, 1.165) is 19.4 Å². The molecule has 4 heteroatoms. The van der Waals surface area contributed by atoms with Crippen LogP contribution < -0.4 is 0 Å². The van der Waals surface area contributed by atoms with Gasteiger partial charge in [-0.1, -0.05) is 0 Å². The summed E-state index contributed by atoms with van der Waals surface area (Å²) in [5.74, 6) is 0.0735. The van der Waals surface area contributed by atoms with Gasteiger partial charge in [0.1, 0.15) is 5.88 Å². The van der Waals surface area contributed by atoms with Gasteiger partial charge in [-0.2, -0.15) is 0 Å². The van der Waals surface area contributed by atoms with E-state index in [9.17, 15) is 4.79 Å². The maximum Gasteiger partial charge on any atom is 0.237 e. The van der Waals surface area contributed by atoms with Crippen LogP contribution in [0, 0.1) is 0 Å². The Balaban J connectivity index is 2.56. The van der Waals surface area contributed by atoms with E-state index in [0.29, 0.717) is 6.54 Å². The Morgan fingerprint density at radius 3 is 2.92 bits per heavy atom. The third-order valence-electron chi connectivity index (χ3n) is 2.62. The average Bonchev–Trinajstić information content (AvgIpc) is 2.17. The molecule has 0 N–H and O–H groups in total. The summed E-state index contributed by atoms with van der Waals surface area (Å²) < 4.78 is 5.37. The molecule has 1 saturated heterocycles. The molecule has 1 aliphatic heterocycles. The zero-order valence-corrected chi connectivity index (χ0v) is 8.93. The average molecular weight is 206 g/mol. The van der Waals surface area contributed by atoms with E-state index < -0.39 is 0 Å². The quantitative estimate of drug-likeness (QED) is 0.636. The maximum absolute atomic E-state index is 11.3. The number of hydrogen-bond donors (Lipinski definition) is 0. The number of nitrogens with zero attached hydrogens (tertiary/aromatic N) is 1. The third kappa shape index (κ3) is 2.58. The van der Waals surface area contributed by atoms with Gasteiger partial charge in [0.15, 0.2) is 0 Å². The fourth-order valence-corrected chi connectivity index (χ4v) is 1.84. The first kappa shape index (κ1) is 10.8. The Bertz CT molecular complexity index is 198. The van der Waals surface area contributed by atoms with Crippen molar-refractivity contribution in [1.29, 1.82) is 0 Å². The zero-order chi connectivity index (χ0) is 9.90. The number of carbonyl (C=O) groups excluding carboxylic acids is 1. The smallest absolute Gasteiger partial charge is 0.237 e. The number of amides is 1. The summed E-state index contributed by atoms with van der Waals surface area (Å²) in [5.41, 5.74) is -0.181. The number of hydrogen-bond acceptors (Lipinski definition) is 2. The highest BCUT2D eigenvalue weighted by Crippen LogP contribution is 2.23. The topological polar surface area (TPSA) is 29.5 Å². The Morgan fingerprint density at radius 2 is 2.38 bits per heavy atom. The van der Waals surface area contributed by atoms with Crippen molar-refractivity contribution in [3.05, 3.63) is 0 Å². The van der Waals surface area contributed by atoms with Crippen LogP contribution in [0.15, 0.2) is 0 Å². The molecule has 1 fully saturated rings. The van der Waals surface area contributed by atoms with E-state index in [2.05, 4.69) is 0 Å². The van der Waals surface area contributed by atoms with Crippen molar-refractivity contribution >= 4 is 17.5 Å². The number of piperidine rings is 1. The van der Waals surface area contributed by atoms with E-state index >= 15 is 0 Å². The summed E-state index contributed by atoms with van der Waals surface area (Å²) in [6, 6.07) is 0. The van der Waals surface area contributed by atoms with Crippen LogP contribution in [0.4, 0.5) is 0 Å². The molecule has 1 atom stereocenters. The first-order valence-electron chi connectivity index (χ1n) is 4.50. The number of ether oxygens (including phenoxy) is 1. The number of carbonyl (C=O) groups is 1. The van der Waals surface area contributed by atoms with Gasteiger partial charge >= 0.3 is 0 Å². The Kier molecular flexibility index (Phi) is 3.56.